The van der Waals surface area contributed by atoms with Crippen LogP contribution < -0.4 is 5.32 Å². The summed E-state index contributed by atoms with van der Waals surface area (Å²) in [5.74, 6) is 0.559. The molecule has 7 heteroatoms. The normalized spacial score (nSPS) is 11.0. The molecule has 3 aromatic heterocycles. The van der Waals surface area contributed by atoms with Crippen molar-refractivity contribution in [1.82, 2.24) is 29.6 Å². The highest BCUT2D eigenvalue weighted by molar-refractivity contribution is 5.92. The zero-order valence-corrected chi connectivity index (χ0v) is 16.9. The van der Waals surface area contributed by atoms with Gasteiger partial charge in [-0.05, 0) is 48.9 Å². The fourth-order valence-corrected chi connectivity index (χ4v) is 3.49. The van der Waals surface area contributed by atoms with Crippen LogP contribution in [0.25, 0.3) is 22.5 Å². The molecule has 2 aromatic carbocycles. The van der Waals surface area contributed by atoms with Crippen molar-refractivity contribution in [2.24, 2.45) is 0 Å². The summed E-state index contributed by atoms with van der Waals surface area (Å²) in [4.78, 5) is 21.5. The van der Waals surface area contributed by atoms with Gasteiger partial charge in [-0.15, -0.1) is 0 Å². The number of aryl methyl sites for hydroxylation is 1. The third-order valence-corrected chi connectivity index (χ3v) is 5.08. The summed E-state index contributed by atoms with van der Waals surface area (Å²) in [6, 6.07) is 23.3. The van der Waals surface area contributed by atoms with Gasteiger partial charge in [0.05, 0.1) is 16.7 Å². The number of benzene rings is 2. The van der Waals surface area contributed by atoms with E-state index < -0.39 is 0 Å². The standard InChI is InChI=1S/C24H20N6O/c1-17-13-21(28-30(17)19-7-3-2-4-8-19)24(31)26-15-18-11-12-23(25-14-18)29-16-27-20-9-5-6-10-22(20)29/h2-14,16H,15H2,1H3,(H,26,31). The van der Waals surface area contributed by atoms with E-state index in [1.807, 2.05) is 78.2 Å². The molecule has 0 bridgehead atoms. The predicted molar refractivity (Wildman–Crippen MR) is 118 cm³/mol. The summed E-state index contributed by atoms with van der Waals surface area (Å²) in [7, 11) is 0. The van der Waals surface area contributed by atoms with Crippen LogP contribution in [0.3, 0.4) is 0 Å². The van der Waals surface area contributed by atoms with E-state index in [1.54, 1.807) is 23.3 Å². The molecule has 5 aromatic rings. The SMILES string of the molecule is Cc1cc(C(=O)NCc2ccc(-n3cnc4ccccc43)nc2)nn1-c1ccccc1. The number of fused-ring (bicyclic) bond motifs is 1. The Hall–Kier alpha value is -4.26. The smallest absolute Gasteiger partial charge is 0.272 e. The van der Waals surface area contributed by atoms with E-state index in [2.05, 4.69) is 20.4 Å². The van der Waals surface area contributed by atoms with Gasteiger partial charge in [-0.1, -0.05) is 36.4 Å². The molecule has 31 heavy (non-hydrogen) atoms. The van der Waals surface area contributed by atoms with E-state index in [9.17, 15) is 4.79 Å². The Morgan fingerprint density at radius 2 is 1.77 bits per heavy atom. The molecule has 0 aliphatic rings. The molecule has 0 aliphatic heterocycles. The van der Waals surface area contributed by atoms with Crippen molar-refractivity contribution in [2.45, 2.75) is 13.5 Å². The molecule has 0 unspecified atom stereocenters. The van der Waals surface area contributed by atoms with Crippen LogP contribution in [0.4, 0.5) is 0 Å². The lowest BCUT2D eigenvalue weighted by Gasteiger charge is -2.06. The number of carbonyl (C=O) groups excluding carboxylic acids is 1. The maximum atomic E-state index is 12.6. The minimum absolute atomic E-state index is 0.220. The fraction of sp³-hybridized carbons (Fsp3) is 0.0833. The summed E-state index contributed by atoms with van der Waals surface area (Å²) in [5.41, 5.74) is 5.03. The first-order valence-corrected chi connectivity index (χ1v) is 9.97. The number of pyridine rings is 1. The van der Waals surface area contributed by atoms with Gasteiger partial charge in [-0.25, -0.2) is 14.6 Å². The predicted octanol–water partition coefficient (Wildman–Crippen LogP) is 3.84. The first-order valence-electron chi connectivity index (χ1n) is 9.97. The molecule has 1 amide bonds. The van der Waals surface area contributed by atoms with E-state index in [-0.39, 0.29) is 5.91 Å². The van der Waals surface area contributed by atoms with Crippen molar-refractivity contribution < 1.29 is 4.79 Å². The van der Waals surface area contributed by atoms with Crippen LogP contribution in [-0.2, 0) is 6.54 Å². The Morgan fingerprint density at radius 3 is 2.58 bits per heavy atom. The molecule has 7 nitrogen and oxygen atoms in total. The molecule has 152 valence electrons. The molecular formula is C24H20N6O. The van der Waals surface area contributed by atoms with Gasteiger partial charge in [-0.3, -0.25) is 9.36 Å². The molecule has 0 atom stereocenters. The van der Waals surface area contributed by atoms with Gasteiger partial charge >= 0.3 is 0 Å². The number of nitrogens with zero attached hydrogens (tertiary/aromatic N) is 5. The summed E-state index contributed by atoms with van der Waals surface area (Å²) < 4.78 is 3.71. The van der Waals surface area contributed by atoms with E-state index >= 15 is 0 Å². The minimum atomic E-state index is -0.220. The van der Waals surface area contributed by atoms with Gasteiger partial charge in [0.25, 0.3) is 5.91 Å². The number of amides is 1. The van der Waals surface area contributed by atoms with Crippen LogP contribution in [0.5, 0.6) is 0 Å². The van der Waals surface area contributed by atoms with Gasteiger partial charge in [0.2, 0.25) is 0 Å². The second-order valence-corrected chi connectivity index (χ2v) is 7.23. The first-order chi connectivity index (χ1) is 15.2. The topological polar surface area (TPSA) is 77.6 Å². The van der Waals surface area contributed by atoms with Crippen molar-refractivity contribution in [3.05, 3.63) is 102 Å². The third kappa shape index (κ3) is 3.69. The first kappa shape index (κ1) is 18.7. The largest absolute Gasteiger partial charge is 0.347 e. The van der Waals surface area contributed by atoms with Crippen molar-refractivity contribution in [2.75, 3.05) is 0 Å². The number of imidazole rings is 1. The molecule has 0 saturated carbocycles. The zero-order chi connectivity index (χ0) is 21.2. The average Bonchev–Trinajstić information content (AvgIpc) is 3.42. The van der Waals surface area contributed by atoms with Crippen LogP contribution in [0.15, 0.2) is 85.3 Å². The number of carbonyl (C=O) groups is 1. The highest BCUT2D eigenvalue weighted by Gasteiger charge is 2.13. The average molecular weight is 408 g/mol. The Balaban J connectivity index is 1.28. The third-order valence-electron chi connectivity index (χ3n) is 5.08. The van der Waals surface area contributed by atoms with Gasteiger partial charge in [0.15, 0.2) is 5.69 Å². The summed E-state index contributed by atoms with van der Waals surface area (Å²) in [5, 5.41) is 7.36. The van der Waals surface area contributed by atoms with E-state index in [0.717, 1.165) is 33.8 Å². The van der Waals surface area contributed by atoms with Crippen molar-refractivity contribution in [3.63, 3.8) is 0 Å². The monoisotopic (exact) mass is 408 g/mol. The molecule has 0 saturated heterocycles. The van der Waals surface area contributed by atoms with Crippen LogP contribution in [-0.4, -0.2) is 30.2 Å². The Bertz CT molecular complexity index is 1350. The lowest BCUT2D eigenvalue weighted by atomic mass is 10.2. The summed E-state index contributed by atoms with van der Waals surface area (Å²) in [6.07, 6.45) is 3.53. The number of rotatable bonds is 5. The van der Waals surface area contributed by atoms with E-state index in [1.165, 1.54) is 0 Å². The van der Waals surface area contributed by atoms with Crippen LogP contribution in [0.2, 0.25) is 0 Å². The molecule has 0 spiro atoms. The Morgan fingerprint density at radius 1 is 0.968 bits per heavy atom. The quantitative estimate of drug-likeness (QED) is 0.479. The molecule has 3 heterocycles. The molecule has 0 aliphatic carbocycles. The van der Waals surface area contributed by atoms with Gasteiger partial charge < -0.3 is 5.32 Å². The Kier molecular flexibility index (Phi) is 4.76. The van der Waals surface area contributed by atoms with Crippen LogP contribution in [0.1, 0.15) is 21.7 Å². The lowest BCUT2D eigenvalue weighted by molar-refractivity contribution is 0.0945. The maximum absolute atomic E-state index is 12.6. The second-order valence-electron chi connectivity index (χ2n) is 7.23. The fourth-order valence-electron chi connectivity index (χ4n) is 3.49. The Labute approximate surface area is 179 Å². The molecule has 0 fully saturated rings. The van der Waals surface area contributed by atoms with Crippen molar-refractivity contribution in [3.8, 4) is 11.5 Å². The minimum Gasteiger partial charge on any atom is -0.347 e. The number of hydrogen-bond acceptors (Lipinski definition) is 4. The molecule has 0 radical (unpaired) electrons. The van der Waals surface area contributed by atoms with Crippen molar-refractivity contribution >= 4 is 16.9 Å². The highest BCUT2D eigenvalue weighted by Crippen LogP contribution is 2.16. The zero-order valence-electron chi connectivity index (χ0n) is 16.9. The summed E-state index contributed by atoms with van der Waals surface area (Å²) in [6.45, 7) is 2.30. The van der Waals surface area contributed by atoms with Crippen LogP contribution >= 0.6 is 0 Å². The number of nitrogens with one attached hydrogen (secondary N) is 1. The second kappa shape index (κ2) is 7.87. The molecule has 5 rings (SSSR count). The number of para-hydroxylation sites is 3. The number of aromatic nitrogens is 5. The van der Waals surface area contributed by atoms with E-state index in [0.29, 0.717) is 12.2 Å². The summed E-state index contributed by atoms with van der Waals surface area (Å²) >= 11 is 0. The van der Waals surface area contributed by atoms with Gasteiger partial charge in [-0.2, -0.15) is 5.10 Å². The van der Waals surface area contributed by atoms with E-state index in [4.69, 9.17) is 0 Å². The highest BCUT2D eigenvalue weighted by atomic mass is 16.1. The van der Waals surface area contributed by atoms with Crippen molar-refractivity contribution in [1.29, 1.82) is 0 Å². The van der Waals surface area contributed by atoms with Gasteiger partial charge in [0.1, 0.15) is 12.1 Å². The molecular weight excluding hydrogens is 388 g/mol. The molecule has 1 N–H and O–H groups in total. The van der Waals surface area contributed by atoms with Gasteiger partial charge in [0, 0.05) is 18.4 Å². The maximum Gasteiger partial charge on any atom is 0.272 e. The number of hydrogen-bond donors (Lipinski definition) is 1. The lowest BCUT2D eigenvalue weighted by Crippen LogP contribution is -2.23. The van der Waals surface area contributed by atoms with Crippen LogP contribution in [0, 0.1) is 6.92 Å².